The van der Waals surface area contributed by atoms with Crippen LogP contribution in [0.2, 0.25) is 0 Å². The number of benzene rings is 1. The molecule has 0 bridgehead atoms. The Bertz CT molecular complexity index is 994. The standard InChI is InChI=1S/C24H35N3O5S/c1-16-14-20-21(32-17(2)23(28)26-20)15-22(16)33(30,31)27-12-10-18(11-13-27)24(29)25-19-8-6-4-3-5-7-9-19/h14-15,17-19H,3-13H2,1-2H3,(H,25,29)(H,26,28)/t17-/m0/s1. The molecule has 1 saturated carbocycles. The van der Waals surface area contributed by atoms with Crippen LogP contribution in [0.3, 0.4) is 0 Å². The van der Waals surface area contributed by atoms with Gasteiger partial charge in [0.15, 0.2) is 6.10 Å². The predicted molar refractivity (Wildman–Crippen MR) is 126 cm³/mol. The van der Waals surface area contributed by atoms with Crippen molar-refractivity contribution in [2.45, 2.75) is 88.7 Å². The first-order valence-corrected chi connectivity index (χ1v) is 13.6. The summed E-state index contributed by atoms with van der Waals surface area (Å²) in [5.41, 5.74) is 1.04. The Morgan fingerprint density at radius 1 is 1.06 bits per heavy atom. The van der Waals surface area contributed by atoms with Crippen molar-refractivity contribution in [2.75, 3.05) is 18.4 Å². The number of nitrogens with zero attached hydrogens (tertiary/aromatic N) is 1. The summed E-state index contributed by atoms with van der Waals surface area (Å²) in [6.45, 7) is 3.97. The molecule has 2 amide bonds. The van der Waals surface area contributed by atoms with E-state index in [9.17, 15) is 18.0 Å². The van der Waals surface area contributed by atoms with Crippen molar-refractivity contribution in [1.82, 2.24) is 9.62 Å². The van der Waals surface area contributed by atoms with Crippen molar-refractivity contribution >= 4 is 27.5 Å². The van der Waals surface area contributed by atoms with Crippen molar-refractivity contribution in [1.29, 1.82) is 0 Å². The van der Waals surface area contributed by atoms with Crippen molar-refractivity contribution in [2.24, 2.45) is 5.92 Å². The molecule has 182 valence electrons. The van der Waals surface area contributed by atoms with Crippen molar-refractivity contribution in [3.63, 3.8) is 0 Å². The van der Waals surface area contributed by atoms with Gasteiger partial charge in [-0.15, -0.1) is 0 Å². The maximum absolute atomic E-state index is 13.4. The van der Waals surface area contributed by atoms with Gasteiger partial charge in [0.1, 0.15) is 5.75 Å². The number of carbonyl (C=O) groups is 2. The van der Waals surface area contributed by atoms with Gasteiger partial charge in [0.05, 0.1) is 10.6 Å². The minimum Gasteiger partial charge on any atom is -0.479 e. The first kappa shape index (κ1) is 24.0. The van der Waals surface area contributed by atoms with E-state index in [1.54, 1.807) is 19.9 Å². The summed E-state index contributed by atoms with van der Waals surface area (Å²) in [5.74, 6) is 0.0311. The van der Waals surface area contributed by atoms with E-state index in [1.165, 1.54) is 29.6 Å². The Kier molecular flexibility index (Phi) is 7.28. The number of piperidine rings is 1. The van der Waals surface area contributed by atoms with Gasteiger partial charge >= 0.3 is 0 Å². The van der Waals surface area contributed by atoms with Crippen molar-refractivity contribution < 1.29 is 22.7 Å². The first-order valence-electron chi connectivity index (χ1n) is 12.2. The highest BCUT2D eigenvalue weighted by molar-refractivity contribution is 7.89. The maximum atomic E-state index is 13.4. The molecule has 1 aromatic carbocycles. The Morgan fingerprint density at radius 3 is 2.36 bits per heavy atom. The van der Waals surface area contributed by atoms with Crippen LogP contribution in [0.25, 0.3) is 0 Å². The topological polar surface area (TPSA) is 105 Å². The molecule has 4 rings (SSSR count). The van der Waals surface area contributed by atoms with E-state index in [0.717, 1.165) is 25.7 Å². The van der Waals surface area contributed by atoms with Crippen LogP contribution in [0.4, 0.5) is 5.69 Å². The number of nitrogens with one attached hydrogen (secondary N) is 2. The van der Waals surface area contributed by atoms with Crippen molar-refractivity contribution in [3.8, 4) is 5.75 Å². The van der Waals surface area contributed by atoms with Crippen LogP contribution in [-0.2, 0) is 19.6 Å². The molecular formula is C24H35N3O5S. The fourth-order valence-corrected chi connectivity index (χ4v) is 6.73. The molecule has 2 heterocycles. The van der Waals surface area contributed by atoms with Crippen LogP contribution in [0.1, 0.15) is 70.3 Å². The number of anilines is 1. The van der Waals surface area contributed by atoms with E-state index in [0.29, 0.717) is 42.9 Å². The molecule has 33 heavy (non-hydrogen) atoms. The number of amides is 2. The molecule has 0 spiro atoms. The second kappa shape index (κ2) is 10.0. The monoisotopic (exact) mass is 477 g/mol. The number of ether oxygens (including phenoxy) is 1. The summed E-state index contributed by atoms with van der Waals surface area (Å²) in [6.07, 6.45) is 8.52. The maximum Gasteiger partial charge on any atom is 0.265 e. The Hall–Kier alpha value is -2.13. The van der Waals surface area contributed by atoms with E-state index in [4.69, 9.17) is 4.74 Å². The third kappa shape index (κ3) is 5.35. The summed E-state index contributed by atoms with van der Waals surface area (Å²) < 4.78 is 33.8. The number of aryl methyl sites for hydroxylation is 1. The fourth-order valence-electron chi connectivity index (χ4n) is 5.04. The third-order valence-electron chi connectivity index (χ3n) is 7.10. The van der Waals surface area contributed by atoms with Crippen LogP contribution >= 0.6 is 0 Å². The van der Waals surface area contributed by atoms with Crippen LogP contribution in [0.5, 0.6) is 5.75 Å². The lowest BCUT2D eigenvalue weighted by atomic mass is 9.94. The molecule has 8 nitrogen and oxygen atoms in total. The van der Waals surface area contributed by atoms with Gasteiger partial charge in [-0.1, -0.05) is 32.1 Å². The van der Waals surface area contributed by atoms with E-state index in [1.807, 2.05) is 0 Å². The summed E-state index contributed by atoms with van der Waals surface area (Å²) >= 11 is 0. The van der Waals surface area contributed by atoms with Gasteiger partial charge in [-0.25, -0.2) is 8.42 Å². The molecule has 1 atom stereocenters. The zero-order valence-corrected chi connectivity index (χ0v) is 20.4. The molecule has 0 unspecified atom stereocenters. The first-order chi connectivity index (χ1) is 15.8. The summed E-state index contributed by atoms with van der Waals surface area (Å²) in [4.78, 5) is 24.9. The average Bonchev–Trinajstić information content (AvgIpc) is 2.76. The largest absolute Gasteiger partial charge is 0.479 e. The predicted octanol–water partition coefficient (Wildman–Crippen LogP) is 3.34. The van der Waals surface area contributed by atoms with Crippen LogP contribution in [-0.4, -0.2) is 49.8 Å². The zero-order chi connectivity index (χ0) is 23.6. The normalized spacial score (nSPS) is 23.6. The van der Waals surface area contributed by atoms with Gasteiger partial charge in [0, 0.05) is 31.1 Å². The average molecular weight is 478 g/mol. The smallest absolute Gasteiger partial charge is 0.265 e. The van der Waals surface area contributed by atoms with Crippen molar-refractivity contribution in [3.05, 3.63) is 17.7 Å². The summed E-state index contributed by atoms with van der Waals surface area (Å²) in [6, 6.07) is 3.39. The highest BCUT2D eigenvalue weighted by Crippen LogP contribution is 2.36. The lowest BCUT2D eigenvalue weighted by Gasteiger charge is -2.32. The molecule has 1 saturated heterocycles. The van der Waals surface area contributed by atoms with Gasteiger partial charge in [-0.2, -0.15) is 4.31 Å². The van der Waals surface area contributed by atoms with Gasteiger partial charge in [0.2, 0.25) is 15.9 Å². The van der Waals surface area contributed by atoms with Crippen LogP contribution < -0.4 is 15.4 Å². The summed E-state index contributed by atoms with van der Waals surface area (Å²) in [7, 11) is -3.73. The van der Waals surface area contributed by atoms with E-state index >= 15 is 0 Å². The highest BCUT2D eigenvalue weighted by atomic mass is 32.2. The molecular weight excluding hydrogens is 442 g/mol. The van der Waals surface area contributed by atoms with Crippen LogP contribution in [0.15, 0.2) is 17.0 Å². The molecule has 2 fully saturated rings. The second-order valence-corrected chi connectivity index (χ2v) is 11.5. The molecule has 2 aliphatic heterocycles. The van der Waals surface area contributed by atoms with E-state index in [2.05, 4.69) is 10.6 Å². The third-order valence-corrected chi connectivity index (χ3v) is 9.14. The second-order valence-electron chi connectivity index (χ2n) is 9.59. The Morgan fingerprint density at radius 2 is 1.70 bits per heavy atom. The SMILES string of the molecule is Cc1cc2c(cc1S(=O)(=O)N1CCC(C(=O)NC3CCCCCCC3)CC1)O[C@@H](C)C(=O)N2. The molecule has 0 aromatic heterocycles. The lowest BCUT2D eigenvalue weighted by molar-refractivity contribution is -0.127. The number of hydrogen-bond donors (Lipinski definition) is 2. The lowest BCUT2D eigenvalue weighted by Crippen LogP contribution is -2.45. The van der Waals surface area contributed by atoms with Gasteiger partial charge in [-0.05, 0) is 51.2 Å². The number of hydrogen-bond acceptors (Lipinski definition) is 5. The minimum absolute atomic E-state index is 0.0701. The van der Waals surface area contributed by atoms with E-state index in [-0.39, 0.29) is 28.7 Å². The van der Waals surface area contributed by atoms with E-state index < -0.39 is 16.1 Å². The Balaban J connectivity index is 1.39. The van der Waals surface area contributed by atoms with Gasteiger partial charge in [-0.3, -0.25) is 9.59 Å². The molecule has 0 radical (unpaired) electrons. The highest BCUT2D eigenvalue weighted by Gasteiger charge is 2.35. The number of fused-ring (bicyclic) bond motifs is 1. The molecule has 9 heteroatoms. The van der Waals surface area contributed by atoms with Gasteiger partial charge in [0.25, 0.3) is 5.91 Å². The summed E-state index contributed by atoms with van der Waals surface area (Å²) in [5, 5.41) is 5.99. The quantitative estimate of drug-likeness (QED) is 0.692. The number of rotatable bonds is 4. The molecule has 2 N–H and O–H groups in total. The zero-order valence-electron chi connectivity index (χ0n) is 19.6. The number of sulfonamides is 1. The van der Waals surface area contributed by atoms with Crippen LogP contribution in [0, 0.1) is 12.8 Å². The molecule has 1 aromatic rings. The Labute approximate surface area is 196 Å². The molecule has 3 aliphatic rings. The minimum atomic E-state index is -3.73. The molecule has 1 aliphatic carbocycles. The van der Waals surface area contributed by atoms with Gasteiger partial charge < -0.3 is 15.4 Å². The fraction of sp³-hybridized carbons (Fsp3) is 0.667. The number of carbonyl (C=O) groups excluding carboxylic acids is 2.